The normalized spacial score (nSPS) is 18.0. The van der Waals surface area contributed by atoms with Crippen molar-refractivity contribution in [3.63, 3.8) is 0 Å². The fraction of sp³-hybridized carbons (Fsp3) is 0.125. The molecule has 0 bridgehead atoms. The fourth-order valence-electron chi connectivity index (χ4n) is 3.91. The van der Waals surface area contributed by atoms with Crippen LogP contribution in [0.4, 0.5) is 0 Å². The zero-order chi connectivity index (χ0) is 22.2. The average molecular weight is 432 g/mol. The van der Waals surface area contributed by atoms with Crippen LogP contribution in [0.5, 0.6) is 17.2 Å². The maximum absolute atomic E-state index is 12.9. The van der Waals surface area contributed by atoms with Crippen molar-refractivity contribution in [3.8, 4) is 17.2 Å². The van der Waals surface area contributed by atoms with Gasteiger partial charge in [0.25, 0.3) is 0 Å². The van der Waals surface area contributed by atoms with Crippen LogP contribution in [0.15, 0.2) is 65.0 Å². The van der Waals surface area contributed by atoms with Crippen LogP contribution in [-0.2, 0) is 9.59 Å². The van der Waals surface area contributed by atoms with Gasteiger partial charge < -0.3 is 23.7 Å². The number of furan rings is 1. The number of carbonyl (C=O) groups excluding carboxylic acids is 2. The van der Waals surface area contributed by atoms with Crippen molar-refractivity contribution in [2.75, 3.05) is 6.61 Å². The Morgan fingerprint density at radius 2 is 1.94 bits per heavy atom. The van der Waals surface area contributed by atoms with Crippen LogP contribution < -0.4 is 14.2 Å². The number of carbonyl (C=O) groups is 3. The summed E-state index contributed by atoms with van der Waals surface area (Å²) in [5, 5.41) is 9.00. The smallest absolute Gasteiger partial charge is 0.341 e. The molecule has 0 amide bonds. The molecule has 32 heavy (non-hydrogen) atoms. The molecule has 0 saturated carbocycles. The number of ether oxygens (including phenoxy) is 3. The standard InChI is InChI=1S/C24H16O8/c25-20(26)12-30-17-6-2-1-5-14(17)16-11-21(27)31-18-8-7-15-23(28)19(32-24(15)22(16)18)10-13-4-3-9-29-13/h1-10,16H,11-12H2,(H,25,26)/b19-10-/t16-/m1/s1. The van der Waals surface area contributed by atoms with E-state index in [2.05, 4.69) is 0 Å². The van der Waals surface area contributed by atoms with Crippen molar-refractivity contribution in [1.82, 2.24) is 0 Å². The third kappa shape index (κ3) is 3.41. The van der Waals surface area contributed by atoms with Gasteiger partial charge >= 0.3 is 11.9 Å². The average Bonchev–Trinajstić information content (AvgIpc) is 3.40. The summed E-state index contributed by atoms with van der Waals surface area (Å²) in [6.45, 7) is -0.529. The van der Waals surface area contributed by atoms with Gasteiger partial charge in [0.1, 0.15) is 23.0 Å². The Kier molecular flexibility index (Phi) is 4.74. The summed E-state index contributed by atoms with van der Waals surface area (Å²) in [5.41, 5.74) is 1.47. The van der Waals surface area contributed by atoms with E-state index in [1.165, 1.54) is 12.3 Å². The van der Waals surface area contributed by atoms with Gasteiger partial charge in [-0.15, -0.1) is 0 Å². The van der Waals surface area contributed by atoms with E-state index in [0.29, 0.717) is 33.9 Å². The largest absolute Gasteiger partial charge is 0.482 e. The highest BCUT2D eigenvalue weighted by Crippen LogP contribution is 2.50. The third-order valence-electron chi connectivity index (χ3n) is 5.24. The van der Waals surface area contributed by atoms with E-state index in [9.17, 15) is 14.4 Å². The van der Waals surface area contributed by atoms with Crippen molar-refractivity contribution in [2.24, 2.45) is 0 Å². The molecule has 0 fully saturated rings. The molecule has 0 unspecified atom stereocenters. The van der Waals surface area contributed by atoms with Gasteiger partial charge in [-0.05, 0) is 30.3 Å². The van der Waals surface area contributed by atoms with E-state index >= 15 is 0 Å². The highest BCUT2D eigenvalue weighted by atomic mass is 16.5. The molecule has 8 nitrogen and oxygen atoms in total. The van der Waals surface area contributed by atoms with Gasteiger partial charge in [0, 0.05) is 23.1 Å². The van der Waals surface area contributed by atoms with E-state index in [4.69, 9.17) is 23.7 Å². The van der Waals surface area contributed by atoms with Crippen molar-refractivity contribution >= 4 is 23.8 Å². The lowest BCUT2D eigenvalue weighted by Gasteiger charge is -2.27. The minimum atomic E-state index is -1.12. The fourth-order valence-corrected chi connectivity index (χ4v) is 3.91. The molecule has 2 aliphatic heterocycles. The summed E-state index contributed by atoms with van der Waals surface area (Å²) in [4.78, 5) is 36.3. The number of allylic oxidation sites excluding steroid dienone is 1. The minimum absolute atomic E-state index is 0.0221. The second kappa shape index (κ2) is 7.73. The summed E-state index contributed by atoms with van der Waals surface area (Å²) in [6.07, 6.45) is 2.97. The summed E-state index contributed by atoms with van der Waals surface area (Å²) in [5.74, 6) is -0.973. The molecule has 2 aliphatic rings. The first-order valence-corrected chi connectivity index (χ1v) is 9.80. The summed E-state index contributed by atoms with van der Waals surface area (Å²) in [7, 11) is 0. The van der Waals surface area contributed by atoms with Gasteiger partial charge in [-0.25, -0.2) is 4.79 Å². The van der Waals surface area contributed by atoms with Crippen molar-refractivity contribution in [3.05, 3.63) is 83.0 Å². The zero-order valence-electron chi connectivity index (χ0n) is 16.6. The van der Waals surface area contributed by atoms with E-state index in [0.717, 1.165) is 0 Å². The van der Waals surface area contributed by atoms with Gasteiger partial charge in [-0.3, -0.25) is 9.59 Å². The number of ketones is 1. The maximum Gasteiger partial charge on any atom is 0.341 e. The molecule has 0 radical (unpaired) electrons. The molecule has 0 saturated heterocycles. The Balaban J connectivity index is 1.61. The second-order valence-corrected chi connectivity index (χ2v) is 7.26. The monoisotopic (exact) mass is 432 g/mol. The molecule has 1 N–H and O–H groups in total. The molecule has 8 heteroatoms. The number of hydrogen-bond acceptors (Lipinski definition) is 7. The lowest BCUT2D eigenvalue weighted by Crippen LogP contribution is -2.22. The number of esters is 1. The molecule has 3 heterocycles. The first-order chi connectivity index (χ1) is 15.5. The first-order valence-electron chi connectivity index (χ1n) is 9.80. The second-order valence-electron chi connectivity index (χ2n) is 7.26. The summed E-state index contributed by atoms with van der Waals surface area (Å²) in [6, 6.07) is 13.4. The van der Waals surface area contributed by atoms with Crippen LogP contribution in [0, 0.1) is 0 Å². The SMILES string of the molecule is O=C(O)COc1ccccc1[C@H]1CC(=O)Oc2ccc3c(c21)O/C(=C\c1ccco1)C3=O. The molecule has 1 aromatic heterocycles. The van der Waals surface area contributed by atoms with Crippen molar-refractivity contribution in [1.29, 1.82) is 0 Å². The maximum atomic E-state index is 12.9. The van der Waals surface area contributed by atoms with Gasteiger partial charge in [0.2, 0.25) is 5.78 Å². The van der Waals surface area contributed by atoms with E-state index < -0.39 is 24.5 Å². The first kappa shape index (κ1) is 19.6. The molecule has 0 spiro atoms. The predicted molar refractivity (Wildman–Crippen MR) is 110 cm³/mol. The molecule has 3 aromatic rings. The molecule has 2 aromatic carbocycles. The Morgan fingerprint density at radius 1 is 1.09 bits per heavy atom. The molecular weight excluding hydrogens is 416 g/mol. The number of fused-ring (bicyclic) bond motifs is 3. The Morgan fingerprint density at radius 3 is 2.72 bits per heavy atom. The van der Waals surface area contributed by atoms with Crippen LogP contribution in [0.3, 0.4) is 0 Å². The Hall–Kier alpha value is -4.33. The summed E-state index contributed by atoms with van der Waals surface area (Å²) >= 11 is 0. The van der Waals surface area contributed by atoms with E-state index in [1.54, 1.807) is 48.5 Å². The van der Waals surface area contributed by atoms with Crippen molar-refractivity contribution in [2.45, 2.75) is 12.3 Å². The van der Waals surface area contributed by atoms with Crippen LogP contribution in [0.25, 0.3) is 6.08 Å². The van der Waals surface area contributed by atoms with Crippen LogP contribution >= 0.6 is 0 Å². The lowest BCUT2D eigenvalue weighted by atomic mass is 9.84. The van der Waals surface area contributed by atoms with E-state index in [-0.39, 0.29) is 23.7 Å². The quantitative estimate of drug-likeness (QED) is 0.368. The van der Waals surface area contributed by atoms with Gasteiger partial charge in [-0.1, -0.05) is 18.2 Å². The molecular formula is C24H16O8. The zero-order valence-corrected chi connectivity index (χ0v) is 16.6. The number of Topliss-reactive ketones (excluding diaryl/α,β-unsaturated/α-hetero) is 1. The number of para-hydroxylation sites is 1. The third-order valence-corrected chi connectivity index (χ3v) is 5.24. The van der Waals surface area contributed by atoms with Crippen LogP contribution in [-0.4, -0.2) is 29.4 Å². The highest BCUT2D eigenvalue weighted by molar-refractivity contribution is 6.15. The molecule has 5 rings (SSSR count). The minimum Gasteiger partial charge on any atom is -0.482 e. The summed E-state index contributed by atoms with van der Waals surface area (Å²) < 4.78 is 22.1. The van der Waals surface area contributed by atoms with Crippen molar-refractivity contribution < 1.29 is 38.1 Å². The van der Waals surface area contributed by atoms with Gasteiger partial charge in [0.05, 0.1) is 18.2 Å². The number of hydrogen-bond donors (Lipinski definition) is 1. The number of rotatable bonds is 5. The molecule has 0 aliphatic carbocycles. The van der Waals surface area contributed by atoms with E-state index in [1.807, 2.05) is 0 Å². The van der Waals surface area contributed by atoms with Crippen LogP contribution in [0.2, 0.25) is 0 Å². The molecule has 160 valence electrons. The number of benzene rings is 2. The molecule has 1 atom stereocenters. The van der Waals surface area contributed by atoms with Gasteiger partial charge in [0.15, 0.2) is 12.4 Å². The predicted octanol–water partition coefficient (Wildman–Crippen LogP) is 3.80. The Labute approximate surface area is 181 Å². The number of carboxylic acid groups (broad SMARTS) is 1. The number of carboxylic acids is 1. The topological polar surface area (TPSA) is 112 Å². The highest BCUT2D eigenvalue weighted by Gasteiger charge is 2.39. The van der Waals surface area contributed by atoms with Crippen LogP contribution in [0.1, 0.15) is 39.6 Å². The lowest BCUT2D eigenvalue weighted by molar-refractivity contribution is -0.139. The number of aliphatic carboxylic acids is 1. The Bertz CT molecular complexity index is 1270. The van der Waals surface area contributed by atoms with Gasteiger partial charge in [-0.2, -0.15) is 0 Å².